The van der Waals surface area contributed by atoms with E-state index in [1.807, 2.05) is 0 Å². The molecule has 2 rings (SSSR count). The highest BCUT2D eigenvalue weighted by Gasteiger charge is 2.29. The lowest BCUT2D eigenvalue weighted by atomic mass is 9.95. The van der Waals surface area contributed by atoms with E-state index in [0.29, 0.717) is 0 Å². The molecule has 0 amide bonds. The minimum atomic E-state index is 0.870. The van der Waals surface area contributed by atoms with Crippen molar-refractivity contribution in [2.75, 3.05) is 32.7 Å². The molecule has 0 radical (unpaired) electrons. The van der Waals surface area contributed by atoms with Gasteiger partial charge in [0.1, 0.15) is 0 Å². The molecule has 2 heterocycles. The third-order valence-electron chi connectivity index (χ3n) is 4.42. The van der Waals surface area contributed by atoms with Crippen LogP contribution in [0.5, 0.6) is 0 Å². The predicted octanol–water partition coefficient (Wildman–Crippen LogP) is 1.82. The van der Waals surface area contributed by atoms with Crippen molar-refractivity contribution in [3.05, 3.63) is 0 Å². The smallest absolute Gasteiger partial charge is 0.00249 e. The molecule has 2 saturated heterocycles. The lowest BCUT2D eigenvalue weighted by Gasteiger charge is -2.23. The molecule has 1 unspecified atom stereocenters. The SMILES string of the molecule is CC(C)C1CCN(C[C@@H]2CNC[C@H]2C)C1. The second-order valence-electron chi connectivity index (χ2n) is 5.95. The van der Waals surface area contributed by atoms with E-state index in [1.165, 1.54) is 39.1 Å². The molecule has 0 aromatic heterocycles. The molecule has 0 saturated carbocycles. The Bertz CT molecular complexity index is 203. The second-order valence-corrected chi connectivity index (χ2v) is 5.95. The van der Waals surface area contributed by atoms with Gasteiger partial charge in [-0.3, -0.25) is 0 Å². The molecule has 2 fully saturated rings. The van der Waals surface area contributed by atoms with Gasteiger partial charge in [-0.25, -0.2) is 0 Å². The van der Waals surface area contributed by atoms with Crippen molar-refractivity contribution in [3.63, 3.8) is 0 Å². The summed E-state index contributed by atoms with van der Waals surface area (Å²) in [5.74, 6) is 3.60. The van der Waals surface area contributed by atoms with E-state index in [4.69, 9.17) is 0 Å². The molecule has 2 aliphatic rings. The number of rotatable bonds is 3. The Morgan fingerprint density at radius 3 is 2.67 bits per heavy atom. The fourth-order valence-electron chi connectivity index (χ4n) is 3.01. The van der Waals surface area contributed by atoms with Crippen LogP contribution in [-0.4, -0.2) is 37.6 Å². The third-order valence-corrected chi connectivity index (χ3v) is 4.42. The lowest BCUT2D eigenvalue weighted by molar-refractivity contribution is 0.244. The molecule has 0 aromatic carbocycles. The van der Waals surface area contributed by atoms with Gasteiger partial charge in [0.25, 0.3) is 0 Å². The first-order valence-electron chi connectivity index (χ1n) is 6.60. The number of hydrogen-bond donors (Lipinski definition) is 1. The van der Waals surface area contributed by atoms with Crippen LogP contribution in [0.1, 0.15) is 27.2 Å². The topological polar surface area (TPSA) is 15.3 Å². The Morgan fingerprint density at radius 1 is 1.33 bits per heavy atom. The van der Waals surface area contributed by atoms with E-state index in [0.717, 1.165) is 23.7 Å². The Morgan fingerprint density at radius 2 is 2.13 bits per heavy atom. The van der Waals surface area contributed by atoms with Crippen LogP contribution in [0.2, 0.25) is 0 Å². The van der Waals surface area contributed by atoms with E-state index in [-0.39, 0.29) is 0 Å². The maximum atomic E-state index is 3.50. The van der Waals surface area contributed by atoms with Crippen LogP contribution >= 0.6 is 0 Å². The van der Waals surface area contributed by atoms with E-state index >= 15 is 0 Å². The van der Waals surface area contributed by atoms with Gasteiger partial charge >= 0.3 is 0 Å². The molecule has 0 aromatic rings. The number of nitrogens with one attached hydrogen (secondary N) is 1. The van der Waals surface area contributed by atoms with Crippen molar-refractivity contribution >= 4 is 0 Å². The predicted molar refractivity (Wildman–Crippen MR) is 64.9 cm³/mol. The van der Waals surface area contributed by atoms with E-state index in [9.17, 15) is 0 Å². The first-order chi connectivity index (χ1) is 7.16. The molecule has 3 atom stereocenters. The van der Waals surface area contributed by atoms with Crippen molar-refractivity contribution in [2.24, 2.45) is 23.7 Å². The molecule has 0 bridgehead atoms. The zero-order chi connectivity index (χ0) is 10.8. The molecule has 15 heavy (non-hydrogen) atoms. The summed E-state index contributed by atoms with van der Waals surface area (Å²) in [6, 6.07) is 0. The van der Waals surface area contributed by atoms with Crippen LogP contribution in [0.4, 0.5) is 0 Å². The van der Waals surface area contributed by atoms with Crippen LogP contribution in [0, 0.1) is 23.7 Å². The molecule has 0 spiro atoms. The Hall–Kier alpha value is -0.0800. The van der Waals surface area contributed by atoms with Gasteiger partial charge in [0, 0.05) is 13.1 Å². The second kappa shape index (κ2) is 4.84. The fourth-order valence-corrected chi connectivity index (χ4v) is 3.01. The monoisotopic (exact) mass is 210 g/mol. The Kier molecular flexibility index (Phi) is 3.68. The van der Waals surface area contributed by atoms with Crippen molar-refractivity contribution in [1.29, 1.82) is 0 Å². The minimum Gasteiger partial charge on any atom is -0.316 e. The van der Waals surface area contributed by atoms with Gasteiger partial charge in [0.2, 0.25) is 0 Å². The molecular weight excluding hydrogens is 184 g/mol. The number of nitrogens with zero attached hydrogens (tertiary/aromatic N) is 1. The van der Waals surface area contributed by atoms with Crippen molar-refractivity contribution < 1.29 is 0 Å². The summed E-state index contributed by atoms with van der Waals surface area (Å²) >= 11 is 0. The fraction of sp³-hybridized carbons (Fsp3) is 1.00. The average Bonchev–Trinajstić information content (AvgIpc) is 2.77. The first kappa shape index (κ1) is 11.4. The normalized spacial score (nSPS) is 38.0. The number of hydrogen-bond acceptors (Lipinski definition) is 2. The summed E-state index contributed by atoms with van der Waals surface area (Å²) in [4.78, 5) is 2.69. The van der Waals surface area contributed by atoms with Crippen molar-refractivity contribution in [3.8, 4) is 0 Å². The van der Waals surface area contributed by atoms with Crippen molar-refractivity contribution in [1.82, 2.24) is 10.2 Å². The van der Waals surface area contributed by atoms with E-state index in [2.05, 4.69) is 31.0 Å². The molecule has 2 nitrogen and oxygen atoms in total. The van der Waals surface area contributed by atoms with Crippen LogP contribution in [0.15, 0.2) is 0 Å². The van der Waals surface area contributed by atoms with Crippen LogP contribution in [0.25, 0.3) is 0 Å². The van der Waals surface area contributed by atoms with Crippen LogP contribution in [-0.2, 0) is 0 Å². The Balaban J connectivity index is 1.77. The highest BCUT2D eigenvalue weighted by molar-refractivity contribution is 4.84. The molecule has 2 aliphatic heterocycles. The van der Waals surface area contributed by atoms with E-state index in [1.54, 1.807) is 0 Å². The standard InChI is InChI=1S/C13H26N2/c1-10(2)12-4-5-15(8-12)9-13-7-14-6-11(13)3/h10-14H,4-9H2,1-3H3/t11-,12?,13+/m1/s1. The first-order valence-corrected chi connectivity index (χ1v) is 6.60. The highest BCUT2D eigenvalue weighted by atomic mass is 15.2. The summed E-state index contributed by atoms with van der Waals surface area (Å²) < 4.78 is 0. The molecule has 1 N–H and O–H groups in total. The van der Waals surface area contributed by atoms with Gasteiger partial charge < -0.3 is 10.2 Å². The quantitative estimate of drug-likeness (QED) is 0.764. The van der Waals surface area contributed by atoms with Gasteiger partial charge in [0.05, 0.1) is 0 Å². The molecule has 0 aliphatic carbocycles. The van der Waals surface area contributed by atoms with Gasteiger partial charge in [-0.2, -0.15) is 0 Å². The van der Waals surface area contributed by atoms with Gasteiger partial charge in [-0.05, 0) is 49.7 Å². The van der Waals surface area contributed by atoms with Gasteiger partial charge in [-0.15, -0.1) is 0 Å². The summed E-state index contributed by atoms with van der Waals surface area (Å²) in [5.41, 5.74) is 0. The lowest BCUT2D eigenvalue weighted by Crippen LogP contribution is -2.31. The average molecular weight is 210 g/mol. The molecule has 2 heteroatoms. The number of likely N-dealkylation sites (tertiary alicyclic amines) is 1. The molecule has 88 valence electrons. The molecular formula is C13H26N2. The van der Waals surface area contributed by atoms with E-state index < -0.39 is 0 Å². The highest BCUT2D eigenvalue weighted by Crippen LogP contribution is 2.26. The van der Waals surface area contributed by atoms with Gasteiger partial charge in [-0.1, -0.05) is 20.8 Å². The largest absolute Gasteiger partial charge is 0.316 e. The summed E-state index contributed by atoms with van der Waals surface area (Å²) in [5, 5.41) is 3.50. The van der Waals surface area contributed by atoms with Crippen LogP contribution < -0.4 is 5.32 Å². The summed E-state index contributed by atoms with van der Waals surface area (Å²) in [6.45, 7) is 13.6. The summed E-state index contributed by atoms with van der Waals surface area (Å²) in [7, 11) is 0. The minimum absolute atomic E-state index is 0.870. The Labute approximate surface area is 94.4 Å². The maximum Gasteiger partial charge on any atom is 0.00249 e. The zero-order valence-corrected chi connectivity index (χ0v) is 10.5. The van der Waals surface area contributed by atoms with Crippen LogP contribution in [0.3, 0.4) is 0 Å². The van der Waals surface area contributed by atoms with Crippen molar-refractivity contribution in [2.45, 2.75) is 27.2 Å². The maximum absolute atomic E-state index is 3.50. The zero-order valence-electron chi connectivity index (χ0n) is 10.5. The van der Waals surface area contributed by atoms with Gasteiger partial charge in [0.15, 0.2) is 0 Å². The summed E-state index contributed by atoms with van der Waals surface area (Å²) in [6.07, 6.45) is 1.42. The third kappa shape index (κ3) is 2.73.